The Labute approximate surface area is 103 Å². The quantitative estimate of drug-likeness (QED) is 0.868. The first-order valence-electron chi connectivity index (χ1n) is 6.48. The Morgan fingerprint density at radius 3 is 3.12 bits per heavy atom. The molecule has 2 rings (SSSR count). The lowest BCUT2D eigenvalue weighted by Gasteiger charge is -2.32. The summed E-state index contributed by atoms with van der Waals surface area (Å²) in [6, 6.07) is 2.39. The van der Waals surface area contributed by atoms with Gasteiger partial charge in [-0.2, -0.15) is 5.10 Å². The third-order valence-corrected chi connectivity index (χ3v) is 3.80. The van der Waals surface area contributed by atoms with E-state index in [4.69, 9.17) is 10.5 Å². The smallest absolute Gasteiger partial charge is 0.0658 e. The Morgan fingerprint density at radius 2 is 2.35 bits per heavy atom. The molecule has 1 aromatic rings. The lowest BCUT2D eigenvalue weighted by atomic mass is 9.77. The molecule has 3 atom stereocenters. The first kappa shape index (κ1) is 12.6. The summed E-state index contributed by atoms with van der Waals surface area (Å²) in [6.07, 6.45) is 5.43. The summed E-state index contributed by atoms with van der Waals surface area (Å²) >= 11 is 0. The van der Waals surface area contributed by atoms with E-state index in [1.165, 1.54) is 18.5 Å². The van der Waals surface area contributed by atoms with E-state index < -0.39 is 0 Å². The summed E-state index contributed by atoms with van der Waals surface area (Å²) in [7, 11) is 1.72. The number of rotatable bonds is 4. The summed E-state index contributed by atoms with van der Waals surface area (Å²) in [6.45, 7) is 3.83. The predicted octanol–water partition coefficient (Wildman–Crippen LogP) is 1.76. The molecule has 0 aliphatic heterocycles. The standard InChI is InChI=1S/C13H23N3O/c1-10-3-4-12(14)11(9-10)13-5-6-15-16(13)7-8-17-2/h5-6,10-12H,3-4,7-9,14H2,1-2H3. The molecule has 0 radical (unpaired) electrons. The van der Waals surface area contributed by atoms with Gasteiger partial charge in [-0.3, -0.25) is 4.68 Å². The molecule has 17 heavy (non-hydrogen) atoms. The SMILES string of the molecule is COCCn1nccc1C1CC(C)CCC1N. The van der Waals surface area contributed by atoms with E-state index in [0.29, 0.717) is 12.5 Å². The van der Waals surface area contributed by atoms with Gasteiger partial charge in [0.25, 0.3) is 0 Å². The van der Waals surface area contributed by atoms with Crippen LogP contribution >= 0.6 is 0 Å². The van der Waals surface area contributed by atoms with Gasteiger partial charge in [-0.15, -0.1) is 0 Å². The summed E-state index contributed by atoms with van der Waals surface area (Å²) in [5, 5.41) is 4.37. The largest absolute Gasteiger partial charge is 0.383 e. The zero-order chi connectivity index (χ0) is 12.3. The van der Waals surface area contributed by atoms with E-state index in [2.05, 4.69) is 18.1 Å². The van der Waals surface area contributed by atoms with Crippen LogP contribution in [0.1, 0.15) is 37.8 Å². The van der Waals surface area contributed by atoms with Crippen LogP contribution in [0.25, 0.3) is 0 Å². The highest BCUT2D eigenvalue weighted by Crippen LogP contribution is 2.35. The van der Waals surface area contributed by atoms with Crippen molar-refractivity contribution in [2.45, 2.75) is 44.7 Å². The Kier molecular flexibility index (Phi) is 4.18. The maximum atomic E-state index is 6.26. The minimum Gasteiger partial charge on any atom is -0.383 e. The van der Waals surface area contributed by atoms with Gasteiger partial charge in [0.2, 0.25) is 0 Å². The van der Waals surface area contributed by atoms with Gasteiger partial charge in [-0.25, -0.2) is 0 Å². The van der Waals surface area contributed by atoms with Crippen molar-refractivity contribution in [2.75, 3.05) is 13.7 Å². The van der Waals surface area contributed by atoms with Crippen molar-refractivity contribution in [2.24, 2.45) is 11.7 Å². The molecule has 1 aliphatic carbocycles. The van der Waals surface area contributed by atoms with Gasteiger partial charge < -0.3 is 10.5 Å². The van der Waals surface area contributed by atoms with Crippen LogP contribution in [0.5, 0.6) is 0 Å². The third-order valence-electron chi connectivity index (χ3n) is 3.80. The van der Waals surface area contributed by atoms with E-state index in [9.17, 15) is 0 Å². The van der Waals surface area contributed by atoms with Crippen LogP contribution < -0.4 is 5.73 Å². The summed E-state index contributed by atoms with van der Waals surface area (Å²) < 4.78 is 7.16. The van der Waals surface area contributed by atoms with Crippen molar-refractivity contribution in [3.63, 3.8) is 0 Å². The first-order valence-corrected chi connectivity index (χ1v) is 6.48. The van der Waals surface area contributed by atoms with Crippen molar-refractivity contribution >= 4 is 0 Å². The zero-order valence-electron chi connectivity index (χ0n) is 10.8. The van der Waals surface area contributed by atoms with Gasteiger partial charge in [0.05, 0.1) is 13.2 Å². The number of hydrogen-bond acceptors (Lipinski definition) is 3. The molecule has 0 amide bonds. The average molecular weight is 237 g/mol. The van der Waals surface area contributed by atoms with Crippen molar-refractivity contribution in [1.29, 1.82) is 0 Å². The number of methoxy groups -OCH3 is 1. The molecule has 1 fully saturated rings. The van der Waals surface area contributed by atoms with Gasteiger partial charge >= 0.3 is 0 Å². The Balaban J connectivity index is 2.11. The number of aromatic nitrogens is 2. The minimum atomic E-state index is 0.282. The van der Waals surface area contributed by atoms with Crippen LogP contribution in [0.2, 0.25) is 0 Å². The van der Waals surface area contributed by atoms with Crippen LogP contribution in [0, 0.1) is 5.92 Å². The second-order valence-corrected chi connectivity index (χ2v) is 5.16. The van der Waals surface area contributed by atoms with Gasteiger partial charge in [0.15, 0.2) is 0 Å². The molecule has 4 nitrogen and oxygen atoms in total. The van der Waals surface area contributed by atoms with Crippen LogP contribution in [-0.4, -0.2) is 29.5 Å². The molecule has 0 bridgehead atoms. The van der Waals surface area contributed by atoms with E-state index >= 15 is 0 Å². The molecule has 1 aliphatic rings. The minimum absolute atomic E-state index is 0.282. The zero-order valence-corrected chi connectivity index (χ0v) is 10.8. The van der Waals surface area contributed by atoms with Crippen molar-refractivity contribution in [3.05, 3.63) is 18.0 Å². The second kappa shape index (κ2) is 5.65. The molecule has 1 saturated carbocycles. The van der Waals surface area contributed by atoms with Crippen LogP contribution in [0.15, 0.2) is 12.3 Å². The first-order chi connectivity index (χ1) is 8.22. The van der Waals surface area contributed by atoms with Crippen LogP contribution in [-0.2, 0) is 11.3 Å². The van der Waals surface area contributed by atoms with Gasteiger partial charge in [-0.05, 0) is 31.2 Å². The molecule has 0 saturated heterocycles. The Bertz CT molecular complexity index is 350. The Morgan fingerprint density at radius 1 is 1.53 bits per heavy atom. The highest BCUT2D eigenvalue weighted by Gasteiger charge is 2.29. The molecule has 1 aromatic heterocycles. The monoisotopic (exact) mass is 237 g/mol. The molecule has 0 spiro atoms. The van der Waals surface area contributed by atoms with Crippen LogP contribution in [0.4, 0.5) is 0 Å². The average Bonchev–Trinajstić information content (AvgIpc) is 2.77. The fourth-order valence-corrected chi connectivity index (χ4v) is 2.77. The highest BCUT2D eigenvalue weighted by atomic mass is 16.5. The summed E-state index contributed by atoms with van der Waals surface area (Å²) in [5.41, 5.74) is 7.54. The molecule has 96 valence electrons. The van der Waals surface area contributed by atoms with E-state index in [1.807, 2.05) is 10.9 Å². The number of hydrogen-bond donors (Lipinski definition) is 1. The van der Waals surface area contributed by atoms with Gasteiger partial charge in [-0.1, -0.05) is 6.92 Å². The molecular weight excluding hydrogens is 214 g/mol. The van der Waals surface area contributed by atoms with Crippen molar-refractivity contribution in [3.8, 4) is 0 Å². The number of ether oxygens (including phenoxy) is 1. The van der Waals surface area contributed by atoms with Crippen LogP contribution in [0.3, 0.4) is 0 Å². The fourth-order valence-electron chi connectivity index (χ4n) is 2.77. The van der Waals surface area contributed by atoms with Gasteiger partial charge in [0.1, 0.15) is 0 Å². The topological polar surface area (TPSA) is 53.1 Å². The van der Waals surface area contributed by atoms with Crippen molar-refractivity contribution in [1.82, 2.24) is 9.78 Å². The molecule has 3 unspecified atom stereocenters. The lowest BCUT2D eigenvalue weighted by Crippen LogP contribution is -2.35. The number of nitrogens with two attached hydrogens (primary N) is 1. The molecule has 4 heteroatoms. The highest BCUT2D eigenvalue weighted by molar-refractivity contribution is 5.12. The molecule has 0 aromatic carbocycles. The van der Waals surface area contributed by atoms with E-state index in [1.54, 1.807) is 7.11 Å². The Hall–Kier alpha value is -0.870. The maximum absolute atomic E-state index is 6.26. The molecule has 1 heterocycles. The molecule has 2 N–H and O–H groups in total. The fraction of sp³-hybridized carbons (Fsp3) is 0.769. The predicted molar refractivity (Wildman–Crippen MR) is 67.8 cm³/mol. The molecular formula is C13H23N3O. The summed E-state index contributed by atoms with van der Waals surface area (Å²) in [5.74, 6) is 1.23. The third kappa shape index (κ3) is 2.87. The second-order valence-electron chi connectivity index (χ2n) is 5.16. The lowest BCUT2D eigenvalue weighted by molar-refractivity contribution is 0.180. The van der Waals surface area contributed by atoms with Gasteiger partial charge in [0, 0.05) is 31.0 Å². The number of nitrogens with zero attached hydrogens (tertiary/aromatic N) is 2. The maximum Gasteiger partial charge on any atom is 0.0658 e. The normalized spacial score (nSPS) is 29.5. The summed E-state index contributed by atoms with van der Waals surface area (Å²) in [4.78, 5) is 0. The van der Waals surface area contributed by atoms with E-state index in [0.717, 1.165) is 18.9 Å². The van der Waals surface area contributed by atoms with E-state index in [-0.39, 0.29) is 6.04 Å². The van der Waals surface area contributed by atoms with Crippen molar-refractivity contribution < 1.29 is 4.74 Å².